The van der Waals surface area contributed by atoms with Gasteiger partial charge in [-0.05, 0) is 71.5 Å². The Morgan fingerprint density at radius 2 is 1.69 bits per heavy atom. The van der Waals surface area contributed by atoms with E-state index < -0.39 is 0 Å². The predicted octanol–water partition coefficient (Wildman–Crippen LogP) is 6.30. The van der Waals surface area contributed by atoms with Crippen LogP contribution in [0.1, 0.15) is 35.4 Å². The van der Waals surface area contributed by atoms with Crippen LogP contribution in [-0.4, -0.2) is 56.9 Å². The van der Waals surface area contributed by atoms with Gasteiger partial charge in [0.05, 0.1) is 24.1 Å². The summed E-state index contributed by atoms with van der Waals surface area (Å²) in [5, 5.41) is 13.6. The highest BCUT2D eigenvalue weighted by Gasteiger charge is 2.25. The molecule has 1 aliphatic rings. The fraction of sp³-hybridized carbons (Fsp3) is 0.250. The summed E-state index contributed by atoms with van der Waals surface area (Å²) in [5.41, 5.74) is 12.5. The summed E-state index contributed by atoms with van der Waals surface area (Å²) in [5.74, 6) is 1.14. The molecule has 6 aromatic rings. The first kappa shape index (κ1) is 32.0. The topological polar surface area (TPSA) is 116 Å². The molecule has 1 aliphatic heterocycles. The number of nitrogens with one attached hydrogen (secondary N) is 2. The molecule has 3 heterocycles. The smallest absolute Gasteiger partial charge is 0.241 e. The number of pyridine rings is 1. The van der Waals surface area contributed by atoms with Crippen molar-refractivity contribution >= 4 is 44.9 Å². The number of aryl methyl sites for hydroxylation is 3. The zero-order valence-corrected chi connectivity index (χ0v) is 27.8. The number of rotatable bonds is 11. The van der Waals surface area contributed by atoms with Gasteiger partial charge in [0.1, 0.15) is 11.7 Å². The summed E-state index contributed by atoms with van der Waals surface area (Å²) in [6.07, 6.45) is 7.15. The van der Waals surface area contributed by atoms with Crippen molar-refractivity contribution in [2.24, 2.45) is 12.8 Å². The van der Waals surface area contributed by atoms with Crippen molar-refractivity contribution in [3.8, 4) is 0 Å². The molecular weight excluding hydrogens is 608 g/mol. The Morgan fingerprint density at radius 1 is 0.939 bits per heavy atom. The molecule has 0 unspecified atom stereocenters. The number of carbonyl (C=O) groups excluding carboxylic acids is 1. The number of anilines is 2. The monoisotopic (exact) mass is 650 g/mol. The van der Waals surface area contributed by atoms with Gasteiger partial charge in [-0.2, -0.15) is 0 Å². The van der Waals surface area contributed by atoms with Crippen LogP contribution in [0.15, 0.2) is 109 Å². The summed E-state index contributed by atoms with van der Waals surface area (Å²) < 4.78 is 2.14. The fourth-order valence-corrected chi connectivity index (χ4v) is 6.86. The number of amides is 1. The fourth-order valence-electron chi connectivity index (χ4n) is 6.86. The zero-order valence-electron chi connectivity index (χ0n) is 27.8. The number of likely N-dealkylation sites (tertiary alicyclic amines) is 1. The van der Waals surface area contributed by atoms with Crippen molar-refractivity contribution in [3.05, 3.63) is 132 Å². The molecule has 7 rings (SSSR count). The number of nitrogen functional groups attached to an aromatic ring is 1. The number of benzene rings is 4. The summed E-state index contributed by atoms with van der Waals surface area (Å²) in [6.45, 7) is 2.55. The standard InChI is InChI=1S/C40H42N8O/c1-46-37-15-14-34(25-36(37)45-38(46)16-11-28-9-12-30(13-10-28)40(41)42)48(26-31-7-4-6-29-5-2-3-8-35(29)31)39(49)27-47-23-19-33(20-24-47)44-32-17-21-43-22-18-32/h2-10,12-15,17-18,21-22,25,33H,11,16,19-20,23-24,26-27H2,1H3,(H3,41,42)(H,43,44). The van der Waals surface area contributed by atoms with Crippen molar-refractivity contribution in [3.63, 3.8) is 0 Å². The number of fused-ring (bicyclic) bond motifs is 2. The van der Waals surface area contributed by atoms with Gasteiger partial charge in [-0.3, -0.25) is 20.1 Å². The van der Waals surface area contributed by atoms with E-state index in [0.717, 1.165) is 88.9 Å². The number of piperidine rings is 1. The normalized spacial score (nSPS) is 13.9. The van der Waals surface area contributed by atoms with E-state index >= 15 is 0 Å². The van der Waals surface area contributed by atoms with Gasteiger partial charge in [-0.25, -0.2) is 4.98 Å². The van der Waals surface area contributed by atoms with Crippen LogP contribution in [0.25, 0.3) is 21.8 Å². The molecule has 9 nitrogen and oxygen atoms in total. The SMILES string of the molecule is Cn1c(CCc2ccc(C(=N)N)cc2)nc2cc(N(Cc3cccc4ccccc34)C(=O)CN3CCC(Nc4ccncc4)CC3)ccc21. The van der Waals surface area contributed by atoms with Gasteiger partial charge < -0.3 is 20.5 Å². The number of nitrogens with two attached hydrogens (primary N) is 1. The van der Waals surface area contributed by atoms with Crippen LogP contribution in [0.3, 0.4) is 0 Å². The van der Waals surface area contributed by atoms with Gasteiger partial charge in [0.15, 0.2) is 0 Å². The molecule has 0 spiro atoms. The second kappa shape index (κ2) is 14.3. The Hall–Kier alpha value is -5.54. The minimum absolute atomic E-state index is 0.0736. The highest BCUT2D eigenvalue weighted by Crippen LogP contribution is 2.28. The van der Waals surface area contributed by atoms with Gasteiger partial charge in [0.25, 0.3) is 0 Å². The van der Waals surface area contributed by atoms with Gasteiger partial charge in [-0.15, -0.1) is 0 Å². The lowest BCUT2D eigenvalue weighted by Crippen LogP contribution is -2.45. The first-order chi connectivity index (χ1) is 23.9. The van der Waals surface area contributed by atoms with Crippen LogP contribution >= 0.6 is 0 Å². The maximum atomic E-state index is 14.3. The molecule has 4 aromatic carbocycles. The molecule has 0 atom stereocenters. The first-order valence-electron chi connectivity index (χ1n) is 17.0. The molecule has 9 heteroatoms. The third-order valence-electron chi connectivity index (χ3n) is 9.68. The van der Waals surface area contributed by atoms with Gasteiger partial charge >= 0.3 is 0 Å². The third-order valence-corrected chi connectivity index (χ3v) is 9.68. The number of hydrogen-bond acceptors (Lipinski definition) is 6. The van der Waals surface area contributed by atoms with Crippen LogP contribution in [0, 0.1) is 5.41 Å². The molecular formula is C40H42N8O. The number of imidazole rings is 1. The van der Waals surface area contributed by atoms with Gasteiger partial charge in [0, 0.05) is 61.9 Å². The van der Waals surface area contributed by atoms with Gasteiger partial charge in [-0.1, -0.05) is 66.7 Å². The molecule has 49 heavy (non-hydrogen) atoms. The lowest BCUT2D eigenvalue weighted by molar-refractivity contribution is -0.120. The molecule has 0 bridgehead atoms. The molecule has 2 aromatic heterocycles. The molecule has 248 valence electrons. The maximum absolute atomic E-state index is 14.3. The maximum Gasteiger partial charge on any atom is 0.241 e. The van der Waals surface area contributed by atoms with Crippen LogP contribution in [0.4, 0.5) is 11.4 Å². The number of nitrogens with zero attached hydrogens (tertiary/aromatic N) is 5. The van der Waals surface area contributed by atoms with E-state index in [4.69, 9.17) is 16.1 Å². The van der Waals surface area contributed by atoms with Gasteiger partial charge in [0.2, 0.25) is 5.91 Å². The number of aromatic nitrogens is 3. The van der Waals surface area contributed by atoms with E-state index in [1.165, 1.54) is 5.56 Å². The number of carbonyl (C=O) groups is 1. The second-order valence-electron chi connectivity index (χ2n) is 12.9. The van der Waals surface area contributed by atoms with E-state index in [1.807, 2.05) is 41.3 Å². The zero-order chi connectivity index (χ0) is 33.7. The van der Waals surface area contributed by atoms with Crippen LogP contribution < -0.4 is 16.0 Å². The lowest BCUT2D eigenvalue weighted by Gasteiger charge is -2.34. The quantitative estimate of drug-likeness (QED) is 0.112. The predicted molar refractivity (Wildman–Crippen MR) is 198 cm³/mol. The van der Waals surface area contributed by atoms with Crippen LogP contribution in [-0.2, 0) is 31.2 Å². The second-order valence-corrected chi connectivity index (χ2v) is 12.9. The minimum Gasteiger partial charge on any atom is -0.384 e. The minimum atomic E-state index is 0.0736. The van der Waals surface area contributed by atoms with Crippen molar-refractivity contribution in [1.82, 2.24) is 19.4 Å². The summed E-state index contributed by atoms with van der Waals surface area (Å²) in [7, 11) is 2.05. The van der Waals surface area contributed by atoms with E-state index in [0.29, 0.717) is 19.1 Å². The van der Waals surface area contributed by atoms with Crippen LogP contribution in [0.2, 0.25) is 0 Å². The molecule has 1 amide bonds. The number of amidine groups is 1. The first-order valence-corrected chi connectivity index (χ1v) is 17.0. The Morgan fingerprint density at radius 3 is 2.47 bits per heavy atom. The van der Waals surface area contributed by atoms with Crippen LogP contribution in [0.5, 0.6) is 0 Å². The van der Waals surface area contributed by atoms with E-state index in [-0.39, 0.29) is 11.7 Å². The molecule has 4 N–H and O–H groups in total. The summed E-state index contributed by atoms with van der Waals surface area (Å²) in [6, 6.07) is 33.1. The van der Waals surface area contributed by atoms with E-state index in [9.17, 15) is 4.79 Å². The Bertz CT molecular complexity index is 2080. The van der Waals surface area contributed by atoms with Crippen molar-refractivity contribution < 1.29 is 4.79 Å². The average molecular weight is 651 g/mol. The van der Waals surface area contributed by atoms with Crippen molar-refractivity contribution in [1.29, 1.82) is 5.41 Å². The molecule has 0 saturated carbocycles. The lowest BCUT2D eigenvalue weighted by atomic mass is 10.0. The Labute approximate surface area is 286 Å². The Kier molecular flexibility index (Phi) is 9.34. The molecule has 1 fully saturated rings. The van der Waals surface area contributed by atoms with E-state index in [2.05, 4.69) is 87.5 Å². The molecule has 0 aliphatic carbocycles. The highest BCUT2D eigenvalue weighted by molar-refractivity contribution is 5.98. The van der Waals surface area contributed by atoms with E-state index in [1.54, 1.807) is 12.4 Å². The van der Waals surface area contributed by atoms with Crippen molar-refractivity contribution in [2.45, 2.75) is 38.3 Å². The molecule has 0 radical (unpaired) electrons. The largest absolute Gasteiger partial charge is 0.384 e. The third kappa shape index (κ3) is 7.32. The Balaban J connectivity index is 1.11. The van der Waals surface area contributed by atoms with Crippen molar-refractivity contribution in [2.75, 3.05) is 29.9 Å². The highest BCUT2D eigenvalue weighted by atomic mass is 16.2. The molecule has 1 saturated heterocycles. The number of hydrogen-bond donors (Lipinski definition) is 3. The average Bonchev–Trinajstić information content (AvgIpc) is 3.45. The summed E-state index contributed by atoms with van der Waals surface area (Å²) >= 11 is 0. The summed E-state index contributed by atoms with van der Waals surface area (Å²) in [4.78, 5) is 27.6.